The van der Waals surface area contributed by atoms with E-state index in [1.165, 1.54) is 0 Å². The van der Waals surface area contributed by atoms with Crippen molar-refractivity contribution >= 4 is 23.1 Å². The molecule has 2 amide bonds. The number of aliphatic hydroxyl groups is 1. The normalized spacial score (nSPS) is 12.0. The van der Waals surface area contributed by atoms with Crippen LogP contribution < -0.4 is 10.6 Å². The van der Waals surface area contributed by atoms with Gasteiger partial charge < -0.3 is 15.7 Å². The van der Waals surface area contributed by atoms with Crippen molar-refractivity contribution in [2.45, 2.75) is 26.4 Å². The van der Waals surface area contributed by atoms with Crippen LogP contribution in [0.2, 0.25) is 0 Å². The number of thiophene rings is 1. The monoisotopic (exact) mass is 304 g/mol. The Hall–Kier alpha value is -1.85. The molecule has 1 aromatic heterocycles. The van der Waals surface area contributed by atoms with Crippen LogP contribution in [-0.4, -0.2) is 17.7 Å². The third-order valence-corrected chi connectivity index (χ3v) is 3.81. The molecule has 0 fully saturated rings. The second-order valence-electron chi connectivity index (χ2n) is 5.12. The molecule has 4 nitrogen and oxygen atoms in total. The summed E-state index contributed by atoms with van der Waals surface area (Å²) >= 11 is 1.55. The predicted octanol–water partition coefficient (Wildman–Crippen LogP) is 3.61. The Morgan fingerprint density at radius 1 is 1.29 bits per heavy atom. The zero-order chi connectivity index (χ0) is 15.2. The van der Waals surface area contributed by atoms with Crippen molar-refractivity contribution in [3.8, 4) is 0 Å². The first kappa shape index (κ1) is 15.5. The van der Waals surface area contributed by atoms with Crippen molar-refractivity contribution < 1.29 is 9.90 Å². The van der Waals surface area contributed by atoms with Gasteiger partial charge in [-0.1, -0.05) is 6.07 Å². The van der Waals surface area contributed by atoms with E-state index < -0.39 is 6.10 Å². The summed E-state index contributed by atoms with van der Waals surface area (Å²) in [6.45, 7) is 4.41. The molecule has 112 valence electrons. The van der Waals surface area contributed by atoms with Crippen molar-refractivity contribution in [2.75, 3.05) is 11.9 Å². The molecule has 0 bridgehead atoms. The predicted molar refractivity (Wildman–Crippen MR) is 86.8 cm³/mol. The summed E-state index contributed by atoms with van der Waals surface area (Å²) in [4.78, 5) is 11.8. The van der Waals surface area contributed by atoms with E-state index in [0.29, 0.717) is 13.0 Å². The summed E-state index contributed by atoms with van der Waals surface area (Å²) in [6, 6.07) is 7.54. The SMILES string of the molecule is Cc1cc(C)cc(NC(=O)NCCC(O)c2ccsc2)c1. The minimum Gasteiger partial charge on any atom is -0.388 e. The number of carbonyl (C=O) groups excluding carboxylic acids is 1. The zero-order valence-electron chi connectivity index (χ0n) is 12.2. The van der Waals surface area contributed by atoms with Crippen LogP contribution in [0.3, 0.4) is 0 Å². The molecule has 0 saturated heterocycles. The maximum atomic E-state index is 11.8. The summed E-state index contributed by atoms with van der Waals surface area (Å²) in [7, 11) is 0. The summed E-state index contributed by atoms with van der Waals surface area (Å²) in [5.41, 5.74) is 3.90. The van der Waals surface area contributed by atoms with Crippen LogP contribution in [-0.2, 0) is 0 Å². The first-order valence-electron chi connectivity index (χ1n) is 6.88. The molecule has 2 aromatic rings. The number of urea groups is 1. The highest BCUT2D eigenvalue weighted by Crippen LogP contribution is 2.18. The molecule has 1 heterocycles. The molecule has 0 aliphatic heterocycles. The van der Waals surface area contributed by atoms with Crippen LogP contribution in [0.4, 0.5) is 10.5 Å². The lowest BCUT2D eigenvalue weighted by Crippen LogP contribution is -2.30. The van der Waals surface area contributed by atoms with Gasteiger partial charge in [0.1, 0.15) is 0 Å². The standard InChI is InChI=1S/C16H20N2O2S/c1-11-7-12(2)9-14(8-11)18-16(20)17-5-3-15(19)13-4-6-21-10-13/h4,6-10,15,19H,3,5H2,1-2H3,(H2,17,18,20). The van der Waals surface area contributed by atoms with E-state index in [4.69, 9.17) is 0 Å². The average molecular weight is 304 g/mol. The maximum absolute atomic E-state index is 11.8. The summed E-state index contributed by atoms with van der Waals surface area (Å²) < 4.78 is 0. The molecule has 1 aromatic carbocycles. The lowest BCUT2D eigenvalue weighted by Gasteiger charge is -2.11. The topological polar surface area (TPSA) is 61.4 Å². The minimum absolute atomic E-state index is 0.252. The van der Waals surface area contributed by atoms with Gasteiger partial charge in [0.25, 0.3) is 0 Å². The van der Waals surface area contributed by atoms with E-state index in [2.05, 4.69) is 16.7 Å². The molecule has 0 spiro atoms. The Labute approximate surface area is 128 Å². The largest absolute Gasteiger partial charge is 0.388 e. The number of nitrogens with one attached hydrogen (secondary N) is 2. The molecular formula is C16H20N2O2S. The highest BCUT2D eigenvalue weighted by Gasteiger charge is 2.08. The molecule has 21 heavy (non-hydrogen) atoms. The summed E-state index contributed by atoms with van der Waals surface area (Å²) in [6.07, 6.45) is -0.0328. The number of amides is 2. The second-order valence-corrected chi connectivity index (χ2v) is 5.90. The van der Waals surface area contributed by atoms with Gasteiger partial charge >= 0.3 is 6.03 Å². The fraction of sp³-hybridized carbons (Fsp3) is 0.312. The summed E-state index contributed by atoms with van der Waals surface area (Å²) in [5.74, 6) is 0. The highest BCUT2D eigenvalue weighted by molar-refractivity contribution is 7.07. The van der Waals surface area contributed by atoms with Gasteiger partial charge in [-0.25, -0.2) is 4.79 Å². The number of carbonyl (C=O) groups is 1. The van der Waals surface area contributed by atoms with Gasteiger partial charge in [-0.05, 0) is 65.9 Å². The van der Waals surface area contributed by atoms with E-state index in [-0.39, 0.29) is 6.03 Å². The third-order valence-electron chi connectivity index (χ3n) is 3.11. The Balaban J connectivity index is 1.77. The fourth-order valence-electron chi connectivity index (χ4n) is 2.18. The number of benzene rings is 1. The molecule has 0 aliphatic carbocycles. The van der Waals surface area contributed by atoms with E-state index in [1.807, 2.05) is 42.8 Å². The molecule has 0 radical (unpaired) electrons. The van der Waals surface area contributed by atoms with Crippen LogP contribution in [0, 0.1) is 13.8 Å². The van der Waals surface area contributed by atoms with Crippen LogP contribution in [0.25, 0.3) is 0 Å². The Kier molecular flexibility index (Phi) is 5.36. The Morgan fingerprint density at radius 3 is 2.62 bits per heavy atom. The third kappa shape index (κ3) is 4.88. The molecule has 5 heteroatoms. The highest BCUT2D eigenvalue weighted by atomic mass is 32.1. The molecule has 1 unspecified atom stereocenters. The number of hydrogen-bond acceptors (Lipinski definition) is 3. The van der Waals surface area contributed by atoms with Crippen molar-refractivity contribution in [3.63, 3.8) is 0 Å². The van der Waals surface area contributed by atoms with Gasteiger partial charge in [0.15, 0.2) is 0 Å². The quantitative estimate of drug-likeness (QED) is 0.790. The smallest absolute Gasteiger partial charge is 0.319 e. The van der Waals surface area contributed by atoms with Crippen molar-refractivity contribution in [2.24, 2.45) is 0 Å². The van der Waals surface area contributed by atoms with Crippen LogP contribution in [0.5, 0.6) is 0 Å². The number of anilines is 1. The van der Waals surface area contributed by atoms with Gasteiger partial charge in [0.2, 0.25) is 0 Å². The van der Waals surface area contributed by atoms with Gasteiger partial charge in [-0.2, -0.15) is 11.3 Å². The van der Waals surface area contributed by atoms with Crippen molar-refractivity contribution in [1.82, 2.24) is 5.32 Å². The maximum Gasteiger partial charge on any atom is 0.319 e. The van der Waals surface area contributed by atoms with E-state index in [0.717, 1.165) is 22.4 Å². The number of hydrogen-bond donors (Lipinski definition) is 3. The van der Waals surface area contributed by atoms with Gasteiger partial charge in [0.05, 0.1) is 6.10 Å². The van der Waals surface area contributed by atoms with Crippen molar-refractivity contribution in [1.29, 1.82) is 0 Å². The number of aliphatic hydroxyl groups excluding tert-OH is 1. The first-order valence-corrected chi connectivity index (χ1v) is 7.82. The van der Waals surface area contributed by atoms with E-state index in [9.17, 15) is 9.90 Å². The van der Waals surface area contributed by atoms with Gasteiger partial charge in [-0.3, -0.25) is 0 Å². The average Bonchev–Trinajstić information content (AvgIpc) is 2.90. The van der Waals surface area contributed by atoms with Crippen LogP contribution >= 0.6 is 11.3 Å². The number of rotatable bonds is 5. The molecule has 1 atom stereocenters. The van der Waals surface area contributed by atoms with Crippen LogP contribution in [0.15, 0.2) is 35.0 Å². The van der Waals surface area contributed by atoms with E-state index >= 15 is 0 Å². The molecule has 3 N–H and O–H groups in total. The van der Waals surface area contributed by atoms with Gasteiger partial charge in [-0.15, -0.1) is 0 Å². The Morgan fingerprint density at radius 2 is 2.00 bits per heavy atom. The second kappa shape index (κ2) is 7.24. The lowest BCUT2D eigenvalue weighted by atomic mass is 10.1. The van der Waals surface area contributed by atoms with Crippen LogP contribution in [0.1, 0.15) is 29.2 Å². The zero-order valence-corrected chi connectivity index (χ0v) is 13.0. The summed E-state index contributed by atoms with van der Waals surface area (Å²) in [5, 5.41) is 19.3. The Bertz CT molecular complexity index is 576. The fourth-order valence-corrected chi connectivity index (χ4v) is 2.88. The minimum atomic E-state index is -0.530. The molecule has 0 aliphatic rings. The molecular weight excluding hydrogens is 284 g/mol. The number of aryl methyl sites for hydroxylation is 2. The lowest BCUT2D eigenvalue weighted by molar-refractivity contribution is 0.168. The first-order chi connectivity index (χ1) is 10.0. The van der Waals surface area contributed by atoms with E-state index in [1.54, 1.807) is 11.3 Å². The van der Waals surface area contributed by atoms with Gasteiger partial charge in [0, 0.05) is 12.2 Å². The molecule has 0 saturated carbocycles. The van der Waals surface area contributed by atoms with Crippen molar-refractivity contribution in [3.05, 3.63) is 51.7 Å². The molecule has 2 rings (SSSR count).